The van der Waals surface area contributed by atoms with Gasteiger partial charge in [-0.3, -0.25) is 56.5 Å². The molecule has 0 bridgehead atoms. The second-order valence-corrected chi connectivity index (χ2v) is 25.5. The molecule has 42 nitrogen and oxygen atoms in total. The summed E-state index contributed by atoms with van der Waals surface area (Å²) in [6, 6.07) is 4.06. The number of rotatable bonds is 51. The predicted molar refractivity (Wildman–Crippen MR) is 375 cm³/mol. The largest absolute Gasteiger partial charge is 0.372 e. The number of carbonyl (C=O) groups is 3. The van der Waals surface area contributed by atoms with E-state index in [9.17, 15) is 0 Å². The van der Waals surface area contributed by atoms with Crippen LogP contribution >= 0.6 is 0 Å². The molecule has 3 amide bonds. The summed E-state index contributed by atoms with van der Waals surface area (Å²) in [5.41, 5.74) is -0.740. The smallest absolute Gasteiger partial charge is 0.251 e. The van der Waals surface area contributed by atoms with E-state index in [1.807, 2.05) is 62.3 Å². The molecule has 9 heterocycles. The normalized spacial score (nSPS) is 12.1. The fourth-order valence-corrected chi connectivity index (χ4v) is 10.9. The van der Waals surface area contributed by atoms with Gasteiger partial charge in [-0.1, -0.05) is 46.9 Å². The van der Waals surface area contributed by atoms with E-state index >= 15 is 14.4 Å². The Morgan fingerprint density at radius 3 is 0.491 bits per heavy atom. The lowest BCUT2D eigenvalue weighted by Gasteiger charge is -2.35. The van der Waals surface area contributed by atoms with Crippen molar-refractivity contribution >= 4 is 17.7 Å². The van der Waals surface area contributed by atoms with Gasteiger partial charge in [0.1, 0.15) is 67.9 Å². The lowest BCUT2D eigenvalue weighted by molar-refractivity contribution is -0.0488. The summed E-state index contributed by atoms with van der Waals surface area (Å²) in [5.74, 6) is -2.41. The van der Waals surface area contributed by atoms with E-state index in [1.165, 1.54) is 18.2 Å². The highest BCUT2D eigenvalue weighted by atomic mass is 16.5. The van der Waals surface area contributed by atoms with Gasteiger partial charge in [-0.2, -0.15) is 0 Å². The van der Waals surface area contributed by atoms with Crippen molar-refractivity contribution in [2.24, 2.45) is 0 Å². The molecule has 0 saturated heterocycles. The van der Waals surface area contributed by atoms with E-state index < -0.39 is 34.3 Å². The van der Waals surface area contributed by atoms with Crippen molar-refractivity contribution in [3.8, 4) is 0 Å². The number of amides is 3. The van der Waals surface area contributed by atoms with Gasteiger partial charge in [-0.25, -0.2) is 0 Å². The first-order valence-corrected chi connectivity index (χ1v) is 35.9. The van der Waals surface area contributed by atoms with E-state index in [2.05, 4.69) is 109 Å². The molecular formula is C66H96N30O12. The van der Waals surface area contributed by atoms with Crippen molar-refractivity contribution < 1.29 is 57.0 Å². The molecule has 0 spiro atoms. The van der Waals surface area contributed by atoms with Gasteiger partial charge >= 0.3 is 0 Å². The van der Waals surface area contributed by atoms with Crippen LogP contribution in [0.25, 0.3) is 0 Å². The molecule has 0 saturated carbocycles. The second-order valence-electron chi connectivity index (χ2n) is 25.5. The zero-order valence-corrected chi connectivity index (χ0v) is 62.5. The third-order valence-corrected chi connectivity index (χ3v) is 16.7. The Kier molecular flexibility index (Phi) is 29.6. The van der Waals surface area contributed by atoms with Crippen LogP contribution in [0.2, 0.25) is 0 Å². The van der Waals surface area contributed by atoms with Gasteiger partial charge in [0.2, 0.25) is 0 Å². The Bertz CT molecular complexity index is 3580. The van der Waals surface area contributed by atoms with Gasteiger partial charge in [0, 0.05) is 75.6 Å². The quantitative estimate of drug-likeness (QED) is 0.0487. The van der Waals surface area contributed by atoms with E-state index in [1.54, 1.807) is 97.9 Å². The first-order chi connectivity index (χ1) is 52.6. The van der Waals surface area contributed by atoms with Crippen molar-refractivity contribution in [1.82, 2.24) is 151 Å². The first kappa shape index (κ1) is 80.1. The van der Waals surface area contributed by atoms with Gasteiger partial charge in [0.25, 0.3) is 17.7 Å². The molecule has 10 rings (SSSR count). The van der Waals surface area contributed by atoms with Gasteiger partial charge in [-0.15, -0.1) is 45.9 Å². The molecule has 42 heteroatoms. The number of benzene rings is 1. The molecule has 582 valence electrons. The summed E-state index contributed by atoms with van der Waals surface area (Å²) < 4.78 is 73.1. The van der Waals surface area contributed by atoms with Crippen molar-refractivity contribution in [1.29, 1.82) is 0 Å². The third-order valence-electron chi connectivity index (χ3n) is 16.7. The molecule has 0 radical (unpaired) electrons. The van der Waals surface area contributed by atoms with Crippen molar-refractivity contribution in [2.75, 3.05) is 59.5 Å². The molecule has 1 aromatic carbocycles. The molecule has 3 N–H and O–H groups in total. The van der Waals surface area contributed by atoms with E-state index in [0.717, 1.165) is 0 Å². The number of aromatic nitrogens is 27. The highest BCUT2D eigenvalue weighted by Gasteiger charge is 2.39. The first-order valence-electron chi connectivity index (χ1n) is 35.9. The number of ether oxygens (including phenoxy) is 9. The molecule has 10 aromatic rings. The minimum Gasteiger partial charge on any atom is -0.372 e. The second kappa shape index (κ2) is 39.9. The van der Waals surface area contributed by atoms with Crippen molar-refractivity contribution in [3.63, 3.8) is 0 Å². The fraction of sp³-hybridized carbons (Fsp3) is 0.591. The predicted octanol–water partition coefficient (Wildman–Crippen LogP) is 1.55. The molecule has 0 atom stereocenters. The highest BCUT2D eigenvalue weighted by molar-refractivity contribution is 6.05. The summed E-state index contributed by atoms with van der Waals surface area (Å²) >= 11 is 0. The highest BCUT2D eigenvalue weighted by Crippen LogP contribution is 2.22. The summed E-state index contributed by atoms with van der Waals surface area (Å²) in [4.78, 5) is 48.0. The molecular weight excluding hydrogens is 1400 g/mol. The maximum absolute atomic E-state index is 16.0. The Morgan fingerprint density at radius 2 is 0.380 bits per heavy atom. The van der Waals surface area contributed by atoms with Crippen LogP contribution in [0.4, 0.5) is 0 Å². The number of aryl methyl sites for hydroxylation is 9. The summed E-state index contributed by atoms with van der Waals surface area (Å²) in [7, 11) is 0. The molecule has 0 aliphatic heterocycles. The van der Waals surface area contributed by atoms with E-state index in [0.29, 0.717) is 110 Å². The lowest BCUT2D eigenvalue weighted by atomic mass is 9.97. The van der Waals surface area contributed by atoms with Crippen molar-refractivity contribution in [3.05, 3.63) is 142 Å². The van der Waals surface area contributed by atoms with Crippen LogP contribution in [0.5, 0.6) is 0 Å². The third kappa shape index (κ3) is 23.5. The lowest BCUT2D eigenvalue weighted by Crippen LogP contribution is -2.59. The fourth-order valence-electron chi connectivity index (χ4n) is 10.9. The number of hydrogen-bond donors (Lipinski definition) is 3. The van der Waals surface area contributed by atoms with Crippen LogP contribution in [0.15, 0.2) is 74.0 Å². The molecule has 0 aliphatic rings. The zero-order valence-electron chi connectivity index (χ0n) is 62.5. The standard InChI is InChI=1S/C66H96N30O12/c1-10-88-22-52(70-79-88)31-100-40-64(41-101-32-53-23-89(11-2)80-71-53,42-102-33-54-24-90(12-3)81-72-54)67-61(97)49-19-50(62(98)68-65(43-103-34-55-25-91(13-4)82-73-55,44-104-35-56-26-92(14-5)83-74-56)45-105-36-57-27-93(15-6)84-75-57)21-51(20-49)63(99)69-66(46-106-37-58-28-94(16-7)85-76-58,47-107-38-59-29-95(17-8)86-77-59)48-108-39-60-30-96(18-9)87-78-60/h19-30H,10-18,31-48H2,1-9H3,(H,67,97)(H,68,98)(H,69,99). The minimum atomic E-state index is -1.58. The minimum absolute atomic E-state index is 0.0433. The monoisotopic (exact) mass is 1500 g/mol. The van der Waals surface area contributed by atoms with Crippen LogP contribution < -0.4 is 16.0 Å². The average molecular weight is 1500 g/mol. The Labute approximate surface area is 622 Å². The Hall–Kier alpha value is -10.5. The van der Waals surface area contributed by atoms with E-state index in [4.69, 9.17) is 42.6 Å². The number of nitrogens with zero attached hydrogens (tertiary/aromatic N) is 27. The summed E-state index contributed by atoms with van der Waals surface area (Å²) in [6.45, 7) is 19.7. The topological polar surface area (TPSA) is 447 Å². The van der Waals surface area contributed by atoms with Crippen LogP contribution in [0.1, 0.15) is 145 Å². The van der Waals surface area contributed by atoms with Gasteiger partial charge in [0.05, 0.1) is 175 Å². The Morgan fingerprint density at radius 1 is 0.250 bits per heavy atom. The number of nitrogens with one attached hydrogen (secondary N) is 3. The van der Waals surface area contributed by atoms with Crippen LogP contribution in [-0.4, -0.2) is 229 Å². The maximum atomic E-state index is 16.0. The molecule has 108 heavy (non-hydrogen) atoms. The van der Waals surface area contributed by atoms with Crippen molar-refractivity contribution in [2.45, 2.75) is 197 Å². The van der Waals surface area contributed by atoms with Gasteiger partial charge < -0.3 is 58.6 Å². The summed E-state index contributed by atoms with van der Waals surface area (Å²) in [5, 5.41) is 85.9. The number of hydrogen-bond acceptors (Lipinski definition) is 30. The average Bonchev–Trinajstić information content (AvgIpc) is 1.09. The Balaban J connectivity index is 1.07. The van der Waals surface area contributed by atoms with Crippen LogP contribution in [0.3, 0.4) is 0 Å². The molecule has 0 aliphatic carbocycles. The summed E-state index contributed by atoms with van der Waals surface area (Å²) in [6.07, 6.45) is 15.7. The van der Waals surface area contributed by atoms with Crippen LogP contribution in [-0.2, 0) is 161 Å². The molecule has 0 unspecified atom stereocenters. The molecule has 0 fully saturated rings. The molecule has 9 aromatic heterocycles. The van der Waals surface area contributed by atoms with E-state index in [-0.39, 0.29) is 136 Å². The maximum Gasteiger partial charge on any atom is 0.251 e. The SMILES string of the molecule is CCn1cc(COCC(COCc2cn(CC)nn2)(COCc2cn(CC)nn2)NC(=O)c2cc(C(=O)NC(COCc3cn(CC)nn3)(COCc3cn(CC)nn3)COCc3cn(CC)nn3)cc(C(=O)NC(COCc3cn(CC)nn3)(COCc3cn(CC)nn3)COCc3cn(CC)nn3)c2)nn1. The zero-order chi connectivity index (χ0) is 76.1. The van der Waals surface area contributed by atoms with Gasteiger partial charge in [-0.05, 0) is 80.5 Å². The number of carbonyl (C=O) groups excluding carboxylic acids is 3. The van der Waals surface area contributed by atoms with Gasteiger partial charge in [0.15, 0.2) is 0 Å². The van der Waals surface area contributed by atoms with Crippen LogP contribution in [0, 0.1) is 0 Å².